The molecule has 0 atom stereocenters. The summed E-state index contributed by atoms with van der Waals surface area (Å²) in [5, 5.41) is 10.2. The standard InChI is InChI=1S/C11H16N6S/c1-7-13-9(12)10(14-7)18-11-16-15-8-5-3-2-4-6-17(8)11/h2-6,12H2,1H3,(H,13,14). The van der Waals surface area contributed by atoms with Gasteiger partial charge in [0.05, 0.1) is 0 Å². The highest BCUT2D eigenvalue weighted by molar-refractivity contribution is 7.99. The Bertz CT molecular complexity index is 558. The van der Waals surface area contributed by atoms with Crippen LogP contribution in [0.2, 0.25) is 0 Å². The summed E-state index contributed by atoms with van der Waals surface area (Å²) in [5.74, 6) is 2.51. The number of hydrogen-bond donors (Lipinski definition) is 2. The number of aromatic nitrogens is 5. The summed E-state index contributed by atoms with van der Waals surface area (Å²) >= 11 is 1.49. The molecule has 7 heteroatoms. The SMILES string of the molecule is Cc1nc(Sc2nnc3n2CCCCC3)c(N)[nH]1. The summed E-state index contributed by atoms with van der Waals surface area (Å²) in [6.07, 6.45) is 4.67. The Kier molecular flexibility index (Phi) is 2.99. The van der Waals surface area contributed by atoms with Crippen molar-refractivity contribution in [2.75, 3.05) is 5.73 Å². The van der Waals surface area contributed by atoms with Crippen LogP contribution in [0.3, 0.4) is 0 Å². The number of imidazole rings is 1. The van der Waals surface area contributed by atoms with Gasteiger partial charge in [0.25, 0.3) is 0 Å². The molecule has 3 heterocycles. The fourth-order valence-electron chi connectivity index (χ4n) is 2.19. The lowest BCUT2D eigenvalue weighted by Gasteiger charge is -2.04. The molecule has 2 aromatic heterocycles. The zero-order valence-electron chi connectivity index (χ0n) is 10.3. The number of nitrogens with one attached hydrogen (secondary N) is 1. The van der Waals surface area contributed by atoms with Crippen LogP contribution in [0.25, 0.3) is 0 Å². The third kappa shape index (κ3) is 2.10. The molecule has 1 aliphatic rings. The summed E-state index contributed by atoms with van der Waals surface area (Å²) in [7, 11) is 0. The predicted molar refractivity (Wildman–Crippen MR) is 69.4 cm³/mol. The van der Waals surface area contributed by atoms with E-state index >= 15 is 0 Å². The van der Waals surface area contributed by atoms with Gasteiger partial charge in [-0.15, -0.1) is 10.2 Å². The molecule has 18 heavy (non-hydrogen) atoms. The van der Waals surface area contributed by atoms with E-state index in [1.807, 2.05) is 6.92 Å². The maximum atomic E-state index is 5.87. The predicted octanol–water partition coefficient (Wildman–Crippen LogP) is 1.77. The second-order valence-corrected chi connectivity index (χ2v) is 5.46. The van der Waals surface area contributed by atoms with Gasteiger partial charge in [0.15, 0.2) is 5.16 Å². The average Bonchev–Trinajstić information content (AvgIpc) is 2.75. The molecule has 0 unspecified atom stereocenters. The smallest absolute Gasteiger partial charge is 0.197 e. The van der Waals surface area contributed by atoms with Crippen LogP contribution >= 0.6 is 11.8 Å². The van der Waals surface area contributed by atoms with Gasteiger partial charge in [-0.3, -0.25) is 0 Å². The summed E-state index contributed by atoms with van der Waals surface area (Å²) in [6.45, 7) is 2.89. The fourth-order valence-corrected chi connectivity index (χ4v) is 3.09. The summed E-state index contributed by atoms with van der Waals surface area (Å²) < 4.78 is 2.20. The van der Waals surface area contributed by atoms with Crippen molar-refractivity contribution in [2.45, 2.75) is 49.3 Å². The van der Waals surface area contributed by atoms with Crippen LogP contribution in [0.4, 0.5) is 5.82 Å². The lowest BCUT2D eigenvalue weighted by atomic mass is 10.2. The minimum Gasteiger partial charge on any atom is -0.383 e. The van der Waals surface area contributed by atoms with E-state index in [-0.39, 0.29) is 0 Å². The molecular formula is C11H16N6S. The first-order valence-electron chi connectivity index (χ1n) is 6.16. The number of nitrogen functional groups attached to an aromatic ring is 1. The van der Waals surface area contributed by atoms with Crippen molar-refractivity contribution in [3.63, 3.8) is 0 Å². The number of aryl methyl sites for hydroxylation is 2. The van der Waals surface area contributed by atoms with E-state index in [1.54, 1.807) is 0 Å². The van der Waals surface area contributed by atoms with E-state index in [4.69, 9.17) is 5.73 Å². The van der Waals surface area contributed by atoms with Crippen molar-refractivity contribution < 1.29 is 0 Å². The number of nitrogens with two attached hydrogens (primary N) is 1. The molecule has 3 N–H and O–H groups in total. The molecular weight excluding hydrogens is 248 g/mol. The van der Waals surface area contributed by atoms with E-state index < -0.39 is 0 Å². The van der Waals surface area contributed by atoms with Gasteiger partial charge in [0.2, 0.25) is 0 Å². The zero-order valence-corrected chi connectivity index (χ0v) is 11.1. The summed E-state index contributed by atoms with van der Waals surface area (Å²) in [6, 6.07) is 0. The molecule has 1 aliphatic heterocycles. The molecule has 0 radical (unpaired) electrons. The molecule has 0 spiro atoms. The quantitative estimate of drug-likeness (QED) is 0.863. The Labute approximate surface area is 109 Å². The molecule has 0 aliphatic carbocycles. The zero-order chi connectivity index (χ0) is 12.5. The van der Waals surface area contributed by atoms with Gasteiger partial charge in [-0.05, 0) is 31.5 Å². The Morgan fingerprint density at radius 1 is 1.28 bits per heavy atom. The number of nitrogens with zero attached hydrogens (tertiary/aromatic N) is 4. The highest BCUT2D eigenvalue weighted by atomic mass is 32.2. The van der Waals surface area contributed by atoms with Crippen LogP contribution in [-0.4, -0.2) is 24.7 Å². The highest BCUT2D eigenvalue weighted by Gasteiger charge is 2.17. The Hall–Kier alpha value is -1.50. The first-order chi connectivity index (χ1) is 8.74. The van der Waals surface area contributed by atoms with E-state index in [1.165, 1.54) is 31.0 Å². The average molecular weight is 264 g/mol. The molecule has 0 saturated heterocycles. The van der Waals surface area contributed by atoms with Crippen molar-refractivity contribution >= 4 is 17.6 Å². The van der Waals surface area contributed by atoms with Crippen molar-refractivity contribution in [3.05, 3.63) is 11.6 Å². The van der Waals surface area contributed by atoms with E-state index in [9.17, 15) is 0 Å². The van der Waals surface area contributed by atoms with Gasteiger partial charge >= 0.3 is 0 Å². The lowest BCUT2D eigenvalue weighted by molar-refractivity contribution is 0.591. The largest absolute Gasteiger partial charge is 0.383 e. The Morgan fingerprint density at radius 2 is 2.17 bits per heavy atom. The minimum absolute atomic E-state index is 0.600. The molecule has 3 rings (SSSR count). The topological polar surface area (TPSA) is 85.4 Å². The van der Waals surface area contributed by atoms with Gasteiger partial charge in [0, 0.05) is 13.0 Å². The van der Waals surface area contributed by atoms with Crippen molar-refractivity contribution in [1.29, 1.82) is 0 Å². The first-order valence-corrected chi connectivity index (χ1v) is 6.97. The van der Waals surface area contributed by atoms with E-state index in [0.29, 0.717) is 5.82 Å². The van der Waals surface area contributed by atoms with Crippen LogP contribution in [0.15, 0.2) is 10.2 Å². The number of hydrogen-bond acceptors (Lipinski definition) is 5. The maximum Gasteiger partial charge on any atom is 0.197 e. The van der Waals surface area contributed by atoms with Crippen LogP contribution in [0, 0.1) is 6.92 Å². The van der Waals surface area contributed by atoms with Crippen LogP contribution < -0.4 is 5.73 Å². The van der Waals surface area contributed by atoms with E-state index in [0.717, 1.165) is 34.8 Å². The highest BCUT2D eigenvalue weighted by Crippen LogP contribution is 2.30. The Morgan fingerprint density at radius 3 is 2.94 bits per heavy atom. The summed E-state index contributed by atoms with van der Waals surface area (Å²) in [5.41, 5.74) is 5.87. The van der Waals surface area contributed by atoms with Crippen LogP contribution in [0.5, 0.6) is 0 Å². The van der Waals surface area contributed by atoms with E-state index in [2.05, 4.69) is 24.7 Å². The normalized spacial score (nSPS) is 15.4. The number of H-pyrrole nitrogens is 1. The molecule has 0 amide bonds. The van der Waals surface area contributed by atoms with Crippen molar-refractivity contribution in [2.24, 2.45) is 0 Å². The monoisotopic (exact) mass is 264 g/mol. The number of fused-ring (bicyclic) bond motifs is 1. The molecule has 2 aromatic rings. The molecule has 0 aromatic carbocycles. The third-order valence-electron chi connectivity index (χ3n) is 3.08. The molecule has 96 valence electrons. The van der Waals surface area contributed by atoms with Crippen LogP contribution in [-0.2, 0) is 13.0 Å². The molecule has 0 bridgehead atoms. The fraction of sp³-hybridized carbons (Fsp3) is 0.545. The minimum atomic E-state index is 0.600. The number of anilines is 1. The van der Waals surface area contributed by atoms with Gasteiger partial charge in [-0.2, -0.15) is 0 Å². The maximum absolute atomic E-state index is 5.87. The van der Waals surface area contributed by atoms with Gasteiger partial charge in [-0.1, -0.05) is 6.42 Å². The Balaban J connectivity index is 1.89. The van der Waals surface area contributed by atoms with Crippen molar-refractivity contribution in [1.82, 2.24) is 24.7 Å². The van der Waals surface area contributed by atoms with Gasteiger partial charge in [0.1, 0.15) is 22.5 Å². The summed E-state index contributed by atoms with van der Waals surface area (Å²) in [4.78, 5) is 7.36. The second kappa shape index (κ2) is 4.64. The van der Waals surface area contributed by atoms with Gasteiger partial charge < -0.3 is 15.3 Å². The molecule has 0 saturated carbocycles. The molecule has 0 fully saturated rings. The van der Waals surface area contributed by atoms with Gasteiger partial charge in [-0.25, -0.2) is 4.98 Å². The first kappa shape index (κ1) is 11.6. The second-order valence-electron chi connectivity index (χ2n) is 4.50. The third-order valence-corrected chi connectivity index (χ3v) is 4.07. The van der Waals surface area contributed by atoms with Crippen LogP contribution in [0.1, 0.15) is 30.9 Å². The number of rotatable bonds is 2. The molecule has 6 nitrogen and oxygen atoms in total. The van der Waals surface area contributed by atoms with Crippen molar-refractivity contribution in [3.8, 4) is 0 Å². The number of aromatic amines is 1. The lowest BCUT2D eigenvalue weighted by Crippen LogP contribution is -2.02.